The number of hydrogen-bond acceptors (Lipinski definition) is 3. The third-order valence-electron chi connectivity index (χ3n) is 3.06. The molecule has 0 aliphatic heterocycles. The fraction of sp³-hybridized carbons (Fsp3) is 0.750. The van der Waals surface area contributed by atoms with Crippen LogP contribution in [0, 0.1) is 6.92 Å². The van der Waals surface area contributed by atoms with E-state index in [-0.39, 0.29) is 0 Å². The molecule has 1 rings (SSSR count). The molecule has 0 aliphatic rings. The summed E-state index contributed by atoms with van der Waals surface area (Å²) in [5, 5.41) is 7.69. The summed E-state index contributed by atoms with van der Waals surface area (Å²) in [6.07, 6.45) is 1.92. The maximum atomic E-state index is 4.23. The third kappa shape index (κ3) is 3.61. The van der Waals surface area contributed by atoms with Crippen molar-refractivity contribution in [2.45, 2.75) is 27.3 Å². The highest BCUT2D eigenvalue weighted by Crippen LogP contribution is 2.04. The molecule has 0 spiro atoms. The molecule has 0 aliphatic carbocycles. The van der Waals surface area contributed by atoms with Crippen molar-refractivity contribution in [1.29, 1.82) is 0 Å². The highest BCUT2D eigenvalue weighted by molar-refractivity contribution is 5.14. The first-order valence-corrected chi connectivity index (χ1v) is 6.09. The van der Waals surface area contributed by atoms with Crippen LogP contribution in [0.1, 0.15) is 25.1 Å². The molecule has 0 saturated carbocycles. The zero-order valence-corrected chi connectivity index (χ0v) is 11.0. The van der Waals surface area contributed by atoms with E-state index in [1.807, 2.05) is 17.9 Å². The molecule has 0 fully saturated rings. The number of likely N-dealkylation sites (N-methyl/N-ethyl adjacent to an activating group) is 1. The van der Waals surface area contributed by atoms with E-state index in [2.05, 4.69) is 36.1 Å². The van der Waals surface area contributed by atoms with Crippen LogP contribution in [-0.4, -0.2) is 40.9 Å². The van der Waals surface area contributed by atoms with Crippen molar-refractivity contribution in [2.75, 3.05) is 26.2 Å². The lowest BCUT2D eigenvalue weighted by Gasteiger charge is -2.18. The molecule has 0 amide bonds. The number of nitrogens with one attached hydrogen (secondary N) is 1. The second-order valence-electron chi connectivity index (χ2n) is 4.10. The van der Waals surface area contributed by atoms with Gasteiger partial charge in [0.05, 0.1) is 11.9 Å². The van der Waals surface area contributed by atoms with Crippen LogP contribution in [0.2, 0.25) is 0 Å². The van der Waals surface area contributed by atoms with Gasteiger partial charge < -0.3 is 10.2 Å². The zero-order chi connectivity index (χ0) is 12.0. The SMILES string of the molecule is CCN(CC)CCNCc1c(C)cnn1C. The van der Waals surface area contributed by atoms with Gasteiger partial charge in [0.15, 0.2) is 0 Å². The van der Waals surface area contributed by atoms with Crippen LogP contribution in [0.25, 0.3) is 0 Å². The molecule has 0 saturated heterocycles. The summed E-state index contributed by atoms with van der Waals surface area (Å²) < 4.78 is 1.94. The Morgan fingerprint density at radius 1 is 1.38 bits per heavy atom. The van der Waals surface area contributed by atoms with Gasteiger partial charge in [0.2, 0.25) is 0 Å². The Balaban J connectivity index is 2.26. The van der Waals surface area contributed by atoms with Gasteiger partial charge in [-0.2, -0.15) is 5.10 Å². The molecule has 92 valence electrons. The highest BCUT2D eigenvalue weighted by Gasteiger charge is 2.03. The van der Waals surface area contributed by atoms with Crippen LogP contribution >= 0.6 is 0 Å². The molecular weight excluding hydrogens is 200 g/mol. The summed E-state index contributed by atoms with van der Waals surface area (Å²) in [6.45, 7) is 11.8. The van der Waals surface area contributed by atoms with Crippen LogP contribution in [-0.2, 0) is 13.6 Å². The van der Waals surface area contributed by atoms with Gasteiger partial charge in [0, 0.05) is 26.7 Å². The lowest BCUT2D eigenvalue weighted by molar-refractivity contribution is 0.301. The topological polar surface area (TPSA) is 33.1 Å². The molecule has 4 nitrogen and oxygen atoms in total. The van der Waals surface area contributed by atoms with Gasteiger partial charge in [0.1, 0.15) is 0 Å². The van der Waals surface area contributed by atoms with Crippen molar-refractivity contribution in [1.82, 2.24) is 20.0 Å². The standard InChI is InChI=1S/C12H24N4/c1-5-16(6-2)8-7-13-10-12-11(3)9-14-15(12)4/h9,13H,5-8,10H2,1-4H3. The number of aryl methyl sites for hydroxylation is 2. The smallest absolute Gasteiger partial charge is 0.0547 e. The molecule has 0 radical (unpaired) electrons. The summed E-state index contributed by atoms with van der Waals surface area (Å²) >= 11 is 0. The molecule has 4 heteroatoms. The first-order valence-electron chi connectivity index (χ1n) is 6.09. The van der Waals surface area contributed by atoms with Crippen molar-refractivity contribution in [3.63, 3.8) is 0 Å². The molecule has 1 aromatic heterocycles. The molecule has 0 unspecified atom stereocenters. The van der Waals surface area contributed by atoms with Crippen LogP contribution in [0.3, 0.4) is 0 Å². The summed E-state index contributed by atoms with van der Waals surface area (Å²) in [4.78, 5) is 2.42. The lowest BCUT2D eigenvalue weighted by Crippen LogP contribution is -2.32. The van der Waals surface area contributed by atoms with Crippen molar-refractivity contribution in [3.05, 3.63) is 17.5 Å². The minimum absolute atomic E-state index is 0.906. The van der Waals surface area contributed by atoms with E-state index < -0.39 is 0 Å². The van der Waals surface area contributed by atoms with Crippen LogP contribution in [0.15, 0.2) is 6.20 Å². The fourth-order valence-corrected chi connectivity index (χ4v) is 1.81. The monoisotopic (exact) mass is 224 g/mol. The Bertz CT molecular complexity index is 282. The molecule has 0 bridgehead atoms. The Morgan fingerprint density at radius 3 is 2.56 bits per heavy atom. The predicted octanol–water partition coefficient (Wildman–Crippen LogP) is 1.16. The molecular formula is C12H24N4. The predicted molar refractivity (Wildman–Crippen MR) is 67.4 cm³/mol. The molecule has 16 heavy (non-hydrogen) atoms. The summed E-state index contributed by atoms with van der Waals surface area (Å²) in [5.41, 5.74) is 2.54. The van der Waals surface area contributed by atoms with E-state index in [9.17, 15) is 0 Å². The van der Waals surface area contributed by atoms with Gasteiger partial charge in [-0.25, -0.2) is 0 Å². The van der Waals surface area contributed by atoms with E-state index in [1.54, 1.807) is 0 Å². The van der Waals surface area contributed by atoms with E-state index in [0.717, 1.165) is 32.7 Å². The van der Waals surface area contributed by atoms with Gasteiger partial charge in [-0.05, 0) is 25.6 Å². The first-order chi connectivity index (χ1) is 7.69. The number of aromatic nitrogens is 2. The van der Waals surface area contributed by atoms with Gasteiger partial charge in [-0.3, -0.25) is 4.68 Å². The number of hydrogen-bond donors (Lipinski definition) is 1. The molecule has 0 atom stereocenters. The molecule has 1 aromatic rings. The average Bonchev–Trinajstić information content (AvgIpc) is 2.60. The lowest BCUT2D eigenvalue weighted by atomic mass is 10.3. The first kappa shape index (κ1) is 13.2. The average molecular weight is 224 g/mol. The molecule has 1 heterocycles. The van der Waals surface area contributed by atoms with Crippen LogP contribution in [0.4, 0.5) is 0 Å². The number of nitrogens with zero attached hydrogens (tertiary/aromatic N) is 3. The van der Waals surface area contributed by atoms with Gasteiger partial charge in [-0.15, -0.1) is 0 Å². The normalized spacial score (nSPS) is 11.3. The van der Waals surface area contributed by atoms with Crippen molar-refractivity contribution >= 4 is 0 Å². The van der Waals surface area contributed by atoms with E-state index in [0.29, 0.717) is 0 Å². The van der Waals surface area contributed by atoms with E-state index in [1.165, 1.54) is 11.3 Å². The second kappa shape index (κ2) is 6.66. The minimum atomic E-state index is 0.906. The maximum Gasteiger partial charge on any atom is 0.0547 e. The van der Waals surface area contributed by atoms with Gasteiger partial charge >= 0.3 is 0 Å². The highest BCUT2D eigenvalue weighted by atomic mass is 15.3. The maximum absolute atomic E-state index is 4.23. The van der Waals surface area contributed by atoms with E-state index >= 15 is 0 Å². The van der Waals surface area contributed by atoms with Crippen LogP contribution < -0.4 is 5.32 Å². The Morgan fingerprint density at radius 2 is 2.06 bits per heavy atom. The Hall–Kier alpha value is -0.870. The summed E-state index contributed by atoms with van der Waals surface area (Å²) in [6, 6.07) is 0. The molecule has 1 N–H and O–H groups in total. The fourth-order valence-electron chi connectivity index (χ4n) is 1.81. The Labute approximate surface area is 98.6 Å². The second-order valence-corrected chi connectivity index (χ2v) is 4.10. The Kier molecular flexibility index (Phi) is 5.49. The van der Waals surface area contributed by atoms with Crippen molar-refractivity contribution in [3.8, 4) is 0 Å². The minimum Gasteiger partial charge on any atom is -0.310 e. The van der Waals surface area contributed by atoms with E-state index in [4.69, 9.17) is 0 Å². The zero-order valence-electron chi connectivity index (χ0n) is 11.0. The largest absolute Gasteiger partial charge is 0.310 e. The van der Waals surface area contributed by atoms with Crippen LogP contribution in [0.5, 0.6) is 0 Å². The quantitative estimate of drug-likeness (QED) is 0.706. The summed E-state index contributed by atoms with van der Waals surface area (Å²) in [5.74, 6) is 0. The van der Waals surface area contributed by atoms with Crippen molar-refractivity contribution in [2.24, 2.45) is 7.05 Å². The summed E-state index contributed by atoms with van der Waals surface area (Å²) in [7, 11) is 1.99. The molecule has 0 aromatic carbocycles. The van der Waals surface area contributed by atoms with Gasteiger partial charge in [-0.1, -0.05) is 13.8 Å². The van der Waals surface area contributed by atoms with Gasteiger partial charge in [0.25, 0.3) is 0 Å². The third-order valence-corrected chi connectivity index (χ3v) is 3.06. The number of rotatable bonds is 7. The van der Waals surface area contributed by atoms with Crippen molar-refractivity contribution < 1.29 is 0 Å².